The molecule has 2 aromatic carbocycles. The minimum absolute atomic E-state index is 0. The van der Waals surface area contributed by atoms with Crippen molar-refractivity contribution in [3.8, 4) is 29.5 Å². The topological polar surface area (TPSA) is 89.8 Å². The summed E-state index contributed by atoms with van der Waals surface area (Å²) in [6.07, 6.45) is 3.75. The van der Waals surface area contributed by atoms with Crippen molar-refractivity contribution in [3.05, 3.63) is 48.0 Å². The molecule has 1 aromatic heterocycles. The summed E-state index contributed by atoms with van der Waals surface area (Å²) in [6.45, 7) is 3.95. The van der Waals surface area contributed by atoms with Gasteiger partial charge in [-0.15, -0.1) is 6.42 Å². The first kappa shape index (κ1) is 19.7. The molecule has 0 spiro atoms. The van der Waals surface area contributed by atoms with Gasteiger partial charge in [-0.05, 0) is 36.8 Å². The second-order valence-corrected chi connectivity index (χ2v) is 7.29. The molecule has 1 aliphatic rings. The minimum Gasteiger partial charge on any atom is -0.507 e. The van der Waals surface area contributed by atoms with Crippen LogP contribution in [0.3, 0.4) is 0 Å². The van der Waals surface area contributed by atoms with E-state index in [-0.39, 0.29) is 8.60 Å². The molecule has 1 amide bonds. The van der Waals surface area contributed by atoms with E-state index < -0.39 is 12.0 Å². The average Bonchev–Trinajstić information content (AvgIpc) is 2.77. The zero-order valence-corrected chi connectivity index (χ0v) is 16.6. The SMILES string of the molecule is C#CC(O)C(=O)N1CCN(c2nc(-c3ccccc3O)nc3cc(C)ccc23)CC1.[HH].[HH]. The lowest BCUT2D eigenvalue weighted by Gasteiger charge is -2.36. The number of carbonyl (C=O) groups is 1. The molecule has 0 saturated carbocycles. The van der Waals surface area contributed by atoms with Crippen LogP contribution in [0.5, 0.6) is 5.75 Å². The number of nitrogens with zero attached hydrogens (tertiary/aromatic N) is 4. The molecule has 1 aliphatic heterocycles. The molecule has 0 bridgehead atoms. The number of carbonyl (C=O) groups excluding carboxylic acids is 1. The molecule has 0 aliphatic carbocycles. The molecular weight excluding hydrogens is 380 g/mol. The van der Waals surface area contributed by atoms with Gasteiger partial charge in [-0.1, -0.05) is 24.1 Å². The summed E-state index contributed by atoms with van der Waals surface area (Å²) in [7, 11) is 0. The number of aromatic hydroxyl groups is 1. The number of terminal acetylenes is 1. The Balaban J connectivity index is 0.00000181. The number of rotatable bonds is 3. The third-order valence-corrected chi connectivity index (χ3v) is 5.26. The molecule has 3 aromatic rings. The van der Waals surface area contributed by atoms with Crippen molar-refractivity contribution in [2.75, 3.05) is 31.1 Å². The van der Waals surface area contributed by atoms with Crippen molar-refractivity contribution in [2.45, 2.75) is 13.0 Å². The van der Waals surface area contributed by atoms with Crippen molar-refractivity contribution < 1.29 is 17.9 Å². The van der Waals surface area contributed by atoms with Crippen LogP contribution in [0.25, 0.3) is 22.3 Å². The van der Waals surface area contributed by atoms with Gasteiger partial charge < -0.3 is 20.0 Å². The van der Waals surface area contributed by atoms with E-state index in [0.717, 1.165) is 22.3 Å². The van der Waals surface area contributed by atoms with Gasteiger partial charge in [0.15, 0.2) is 11.9 Å². The fourth-order valence-electron chi connectivity index (χ4n) is 3.63. The van der Waals surface area contributed by atoms with Crippen LogP contribution in [0.15, 0.2) is 42.5 Å². The monoisotopic (exact) mass is 406 g/mol. The zero-order chi connectivity index (χ0) is 21.3. The number of aromatic nitrogens is 2. The summed E-state index contributed by atoms with van der Waals surface area (Å²) in [5.74, 6) is 2.94. The van der Waals surface area contributed by atoms with E-state index in [2.05, 4.69) is 15.8 Å². The summed E-state index contributed by atoms with van der Waals surface area (Å²) in [4.78, 5) is 25.3. The summed E-state index contributed by atoms with van der Waals surface area (Å²) < 4.78 is 0. The fourth-order valence-corrected chi connectivity index (χ4v) is 3.63. The standard InChI is InChI=1S/C23H22N4O3.2H2/c1-3-19(28)23(30)27-12-10-26(11-13-27)22-16-9-8-15(2)14-18(16)24-21(25-22)17-6-4-5-7-20(17)29;;/h1,4-9,14,19,28-29H,10-13H2,2H3;2*1H. The lowest BCUT2D eigenvalue weighted by atomic mass is 10.1. The highest BCUT2D eigenvalue weighted by Gasteiger charge is 2.27. The highest BCUT2D eigenvalue weighted by molar-refractivity contribution is 5.92. The first-order chi connectivity index (χ1) is 14.5. The number of phenolic OH excluding ortho intramolecular Hbond substituents is 1. The van der Waals surface area contributed by atoms with Gasteiger partial charge in [0.05, 0.1) is 11.1 Å². The number of anilines is 1. The summed E-state index contributed by atoms with van der Waals surface area (Å²) in [5, 5.41) is 20.8. The number of aliphatic hydroxyl groups excluding tert-OH is 1. The largest absolute Gasteiger partial charge is 0.507 e. The second-order valence-electron chi connectivity index (χ2n) is 7.29. The Morgan fingerprint density at radius 2 is 1.90 bits per heavy atom. The Hall–Kier alpha value is -3.63. The Labute approximate surface area is 177 Å². The average molecular weight is 406 g/mol. The van der Waals surface area contributed by atoms with Crippen molar-refractivity contribution >= 4 is 22.6 Å². The number of amides is 1. The van der Waals surface area contributed by atoms with Crippen molar-refractivity contribution in [3.63, 3.8) is 0 Å². The van der Waals surface area contributed by atoms with Crippen LogP contribution in [0.2, 0.25) is 0 Å². The number of aliphatic hydroxyl groups is 1. The van der Waals surface area contributed by atoms with Crippen molar-refractivity contribution in [1.29, 1.82) is 0 Å². The zero-order valence-electron chi connectivity index (χ0n) is 16.6. The van der Waals surface area contributed by atoms with E-state index in [1.54, 1.807) is 23.1 Å². The third-order valence-electron chi connectivity index (χ3n) is 5.26. The van der Waals surface area contributed by atoms with E-state index in [0.29, 0.717) is 37.6 Å². The van der Waals surface area contributed by atoms with E-state index in [4.69, 9.17) is 11.4 Å². The highest BCUT2D eigenvalue weighted by atomic mass is 16.3. The number of piperazine rings is 1. The predicted octanol–water partition coefficient (Wildman–Crippen LogP) is 2.45. The van der Waals surface area contributed by atoms with E-state index in [1.165, 1.54) is 0 Å². The molecule has 0 radical (unpaired) electrons. The van der Waals surface area contributed by atoms with E-state index in [1.807, 2.05) is 31.2 Å². The van der Waals surface area contributed by atoms with E-state index in [9.17, 15) is 15.0 Å². The van der Waals surface area contributed by atoms with Crippen LogP contribution in [0.4, 0.5) is 5.82 Å². The van der Waals surface area contributed by atoms with Gasteiger partial charge in [-0.2, -0.15) is 0 Å². The number of fused-ring (bicyclic) bond motifs is 1. The third kappa shape index (κ3) is 3.65. The maximum absolute atomic E-state index is 12.2. The molecule has 1 saturated heterocycles. The maximum atomic E-state index is 12.2. The highest BCUT2D eigenvalue weighted by Crippen LogP contribution is 2.32. The smallest absolute Gasteiger partial charge is 0.264 e. The van der Waals surface area contributed by atoms with Crippen LogP contribution in [0.1, 0.15) is 8.42 Å². The minimum atomic E-state index is -1.41. The van der Waals surface area contributed by atoms with Gasteiger partial charge in [-0.3, -0.25) is 4.79 Å². The maximum Gasteiger partial charge on any atom is 0.264 e. The number of para-hydroxylation sites is 1. The lowest BCUT2D eigenvalue weighted by Crippen LogP contribution is -2.51. The number of phenols is 1. The van der Waals surface area contributed by atoms with Crippen LogP contribution < -0.4 is 4.90 Å². The molecule has 1 unspecified atom stereocenters. The Morgan fingerprint density at radius 3 is 2.60 bits per heavy atom. The van der Waals surface area contributed by atoms with Crippen LogP contribution in [0, 0.1) is 19.3 Å². The fraction of sp³-hybridized carbons (Fsp3) is 0.261. The molecule has 30 heavy (non-hydrogen) atoms. The number of benzene rings is 2. The molecule has 1 fully saturated rings. The molecule has 2 heterocycles. The molecule has 7 nitrogen and oxygen atoms in total. The lowest BCUT2D eigenvalue weighted by molar-refractivity contribution is -0.137. The normalized spacial score (nSPS) is 15.1. The van der Waals surface area contributed by atoms with Crippen molar-refractivity contribution in [1.82, 2.24) is 14.9 Å². The molecule has 1 atom stereocenters. The number of aryl methyl sites for hydroxylation is 1. The summed E-state index contributed by atoms with van der Waals surface area (Å²) in [5.41, 5.74) is 2.43. The summed E-state index contributed by atoms with van der Waals surface area (Å²) in [6, 6.07) is 13.0. The van der Waals surface area contributed by atoms with Crippen LogP contribution in [-0.4, -0.2) is 63.3 Å². The first-order valence-corrected chi connectivity index (χ1v) is 9.72. The Morgan fingerprint density at radius 1 is 1.17 bits per heavy atom. The van der Waals surface area contributed by atoms with Crippen LogP contribution in [-0.2, 0) is 4.79 Å². The second kappa shape index (κ2) is 8.01. The van der Waals surface area contributed by atoms with Crippen molar-refractivity contribution in [2.24, 2.45) is 0 Å². The van der Waals surface area contributed by atoms with Gasteiger partial charge in [0.2, 0.25) is 0 Å². The Kier molecular flexibility index (Phi) is 5.25. The molecule has 2 N–H and O–H groups in total. The van der Waals surface area contributed by atoms with Gasteiger partial charge >= 0.3 is 0 Å². The molecule has 156 valence electrons. The number of hydrogen-bond acceptors (Lipinski definition) is 6. The van der Waals surface area contributed by atoms with Gasteiger partial charge in [-0.25, -0.2) is 9.97 Å². The number of hydrogen-bond donors (Lipinski definition) is 2. The summed E-state index contributed by atoms with van der Waals surface area (Å²) >= 11 is 0. The quantitative estimate of drug-likeness (QED) is 0.650. The van der Waals surface area contributed by atoms with Gasteiger partial charge in [0.1, 0.15) is 11.6 Å². The van der Waals surface area contributed by atoms with Crippen LogP contribution >= 0.6 is 0 Å². The molecule has 7 heteroatoms. The molecular formula is C23H26N4O3. The first-order valence-electron chi connectivity index (χ1n) is 9.72. The van der Waals surface area contributed by atoms with Gasteiger partial charge in [0.25, 0.3) is 5.91 Å². The van der Waals surface area contributed by atoms with E-state index >= 15 is 0 Å². The predicted molar refractivity (Wildman–Crippen MR) is 119 cm³/mol. The van der Waals surface area contributed by atoms with Gasteiger partial charge in [0, 0.05) is 34.4 Å². The molecule has 4 rings (SSSR count). The Bertz CT molecular complexity index is 1160.